The molecule has 1 fully saturated rings. The van der Waals surface area contributed by atoms with Gasteiger partial charge in [0.05, 0.1) is 32.0 Å². The number of unbranched alkanes of at least 4 members (excludes halogenated alkanes) is 47. The normalized spacial score (nSPS) is 18.1. The fourth-order valence-corrected chi connectivity index (χ4v) is 11.7. The maximum absolute atomic E-state index is 13.0. The van der Waals surface area contributed by atoms with Crippen LogP contribution in [-0.4, -0.2) is 100 Å². The monoisotopic (exact) mass is 1200 g/mol. The number of carbonyl (C=O) groups is 2. The Balaban J connectivity index is 1.92. The van der Waals surface area contributed by atoms with E-state index in [1.807, 2.05) is 6.08 Å². The van der Waals surface area contributed by atoms with Crippen molar-refractivity contribution in [2.45, 2.75) is 403 Å². The first-order valence-electron chi connectivity index (χ1n) is 36.8. The van der Waals surface area contributed by atoms with Crippen LogP contribution in [0, 0.1) is 0 Å². The summed E-state index contributed by atoms with van der Waals surface area (Å²) in [5, 5.41) is 54.4. The second-order valence-electron chi connectivity index (χ2n) is 25.7. The second-order valence-corrected chi connectivity index (χ2v) is 25.7. The van der Waals surface area contributed by atoms with Gasteiger partial charge in [-0.1, -0.05) is 320 Å². The standard InChI is InChI=1S/C74H139NO10/c1-3-5-7-9-11-13-15-16-39-42-46-50-54-58-62-70(79)83-63-59-55-51-47-43-40-37-35-33-31-29-27-25-23-21-19-17-18-20-22-24-26-28-30-32-34-36-38-41-45-49-53-57-61-69(78)75-66(65-84-74-73(82)72(81)71(80)68(64-76)85-74)67(77)60-56-52-48-44-14-12-10-8-6-4-2/h21,23,27,29,56,60,66-68,71-74,76-77,80-82H,3-20,22,24-26,28,30-55,57-59,61-65H2,1-2H3,(H,75,78)/b23-21-,29-27-,60-56+. The molecule has 0 aromatic rings. The zero-order valence-corrected chi connectivity index (χ0v) is 55.6. The minimum Gasteiger partial charge on any atom is -0.466 e. The van der Waals surface area contributed by atoms with E-state index in [0.717, 1.165) is 57.8 Å². The van der Waals surface area contributed by atoms with Gasteiger partial charge in [-0.2, -0.15) is 0 Å². The number of amides is 1. The molecule has 0 radical (unpaired) electrons. The van der Waals surface area contributed by atoms with E-state index in [-0.39, 0.29) is 18.5 Å². The molecule has 1 saturated heterocycles. The predicted molar refractivity (Wildman–Crippen MR) is 357 cm³/mol. The average molecular weight is 1200 g/mol. The minimum atomic E-state index is -1.57. The van der Waals surface area contributed by atoms with E-state index < -0.39 is 49.5 Å². The lowest BCUT2D eigenvalue weighted by molar-refractivity contribution is -0.302. The summed E-state index contributed by atoms with van der Waals surface area (Å²) in [7, 11) is 0. The Morgan fingerprint density at radius 3 is 1.19 bits per heavy atom. The van der Waals surface area contributed by atoms with Crippen LogP contribution in [0.1, 0.15) is 361 Å². The van der Waals surface area contributed by atoms with Crippen LogP contribution in [0.15, 0.2) is 36.5 Å². The predicted octanol–water partition coefficient (Wildman–Crippen LogP) is 19.0. The van der Waals surface area contributed by atoms with Gasteiger partial charge in [-0.15, -0.1) is 0 Å². The van der Waals surface area contributed by atoms with E-state index in [0.29, 0.717) is 19.4 Å². The summed E-state index contributed by atoms with van der Waals surface area (Å²) < 4.78 is 16.7. The van der Waals surface area contributed by atoms with Crippen molar-refractivity contribution in [3.63, 3.8) is 0 Å². The maximum atomic E-state index is 13.0. The lowest BCUT2D eigenvalue weighted by Gasteiger charge is -2.40. The Labute approximate surface area is 523 Å². The molecule has 0 aromatic carbocycles. The molecular formula is C74H139NO10. The summed E-state index contributed by atoms with van der Waals surface area (Å²) in [6.45, 7) is 4.36. The molecule has 7 atom stereocenters. The van der Waals surface area contributed by atoms with Crippen molar-refractivity contribution < 1.29 is 49.3 Å². The molecule has 11 nitrogen and oxygen atoms in total. The quantitative estimate of drug-likeness (QED) is 0.0195. The largest absolute Gasteiger partial charge is 0.466 e. The van der Waals surface area contributed by atoms with Crippen LogP contribution >= 0.6 is 0 Å². The molecule has 0 aliphatic carbocycles. The maximum Gasteiger partial charge on any atom is 0.305 e. The molecule has 0 bridgehead atoms. The highest BCUT2D eigenvalue weighted by atomic mass is 16.7. The van der Waals surface area contributed by atoms with Crippen LogP contribution in [0.4, 0.5) is 0 Å². The fraction of sp³-hybridized carbons (Fsp3) is 0.892. The number of aliphatic hydroxyl groups excluding tert-OH is 5. The number of rotatable bonds is 65. The Bertz CT molecular complexity index is 1510. The van der Waals surface area contributed by atoms with Crippen LogP contribution in [-0.2, 0) is 23.8 Å². The lowest BCUT2D eigenvalue weighted by Crippen LogP contribution is -2.60. The number of ether oxygens (including phenoxy) is 3. The van der Waals surface area contributed by atoms with E-state index in [2.05, 4.69) is 43.5 Å². The molecule has 1 amide bonds. The van der Waals surface area contributed by atoms with E-state index in [4.69, 9.17) is 14.2 Å². The van der Waals surface area contributed by atoms with Crippen molar-refractivity contribution in [2.75, 3.05) is 19.8 Å². The first-order valence-corrected chi connectivity index (χ1v) is 36.8. The van der Waals surface area contributed by atoms with Gasteiger partial charge in [-0.05, 0) is 64.2 Å². The van der Waals surface area contributed by atoms with Crippen LogP contribution in [0.3, 0.4) is 0 Å². The molecular weight excluding hydrogens is 1060 g/mol. The number of allylic oxidation sites excluding steroid dienone is 5. The van der Waals surface area contributed by atoms with Gasteiger partial charge < -0.3 is 45.1 Å². The van der Waals surface area contributed by atoms with Crippen molar-refractivity contribution in [3.8, 4) is 0 Å². The SMILES string of the molecule is CCCCCCCCCC/C=C/C(O)C(COC1OC(CO)C(O)C(O)C1O)NC(=O)CCCCCCCCCCCCCCCCCCC/C=C\C/C=C\CCCCCCCCCCCOC(=O)CCCCCCCCCCCCCCCC. The number of aliphatic hydroxyl groups is 5. The van der Waals surface area contributed by atoms with Crippen molar-refractivity contribution in [3.05, 3.63) is 36.5 Å². The summed E-state index contributed by atoms with van der Waals surface area (Å²) >= 11 is 0. The van der Waals surface area contributed by atoms with Gasteiger partial charge in [-0.25, -0.2) is 0 Å². The Morgan fingerprint density at radius 2 is 0.788 bits per heavy atom. The minimum absolute atomic E-state index is 0.00955. The van der Waals surface area contributed by atoms with Gasteiger partial charge in [0.15, 0.2) is 6.29 Å². The Kier molecular flexibility index (Phi) is 60.4. The fourth-order valence-electron chi connectivity index (χ4n) is 11.7. The van der Waals surface area contributed by atoms with Crippen molar-refractivity contribution in [1.29, 1.82) is 0 Å². The number of nitrogens with one attached hydrogen (secondary N) is 1. The summed E-state index contributed by atoms with van der Waals surface area (Å²) in [4.78, 5) is 25.1. The molecule has 500 valence electrons. The molecule has 1 rings (SSSR count). The van der Waals surface area contributed by atoms with E-state index in [9.17, 15) is 35.1 Å². The average Bonchev–Trinajstić information content (AvgIpc) is 3.39. The molecule has 0 spiro atoms. The Hall–Kier alpha value is -2.12. The summed E-state index contributed by atoms with van der Waals surface area (Å²) in [5.74, 6) is -0.170. The highest BCUT2D eigenvalue weighted by Crippen LogP contribution is 2.23. The second kappa shape index (κ2) is 63.4. The van der Waals surface area contributed by atoms with Crippen LogP contribution in [0.5, 0.6) is 0 Å². The third kappa shape index (κ3) is 52.4. The molecule has 6 N–H and O–H groups in total. The molecule has 0 saturated carbocycles. The van der Waals surface area contributed by atoms with Gasteiger partial charge in [0.1, 0.15) is 24.4 Å². The number of carbonyl (C=O) groups excluding carboxylic acids is 2. The molecule has 0 aromatic heterocycles. The van der Waals surface area contributed by atoms with Crippen molar-refractivity contribution in [2.24, 2.45) is 0 Å². The molecule has 85 heavy (non-hydrogen) atoms. The van der Waals surface area contributed by atoms with Crippen LogP contribution in [0.2, 0.25) is 0 Å². The van der Waals surface area contributed by atoms with Gasteiger partial charge in [0.2, 0.25) is 5.91 Å². The first kappa shape index (κ1) is 80.9. The number of hydrogen-bond donors (Lipinski definition) is 6. The smallest absolute Gasteiger partial charge is 0.305 e. The first-order chi connectivity index (χ1) is 41.7. The van der Waals surface area contributed by atoms with E-state index in [1.54, 1.807) is 6.08 Å². The number of esters is 1. The molecule has 1 aliphatic rings. The molecule has 11 heteroatoms. The van der Waals surface area contributed by atoms with Crippen molar-refractivity contribution >= 4 is 11.9 Å². The highest BCUT2D eigenvalue weighted by Gasteiger charge is 2.44. The van der Waals surface area contributed by atoms with Crippen LogP contribution in [0.25, 0.3) is 0 Å². The van der Waals surface area contributed by atoms with Gasteiger partial charge >= 0.3 is 5.97 Å². The summed E-state index contributed by atoms with van der Waals surface area (Å²) in [5.41, 5.74) is 0. The van der Waals surface area contributed by atoms with Crippen LogP contribution < -0.4 is 5.32 Å². The van der Waals surface area contributed by atoms with Gasteiger partial charge in [0.25, 0.3) is 0 Å². The molecule has 1 heterocycles. The third-order valence-electron chi connectivity index (χ3n) is 17.5. The van der Waals surface area contributed by atoms with E-state index >= 15 is 0 Å². The van der Waals surface area contributed by atoms with Gasteiger partial charge in [-0.3, -0.25) is 9.59 Å². The zero-order valence-electron chi connectivity index (χ0n) is 55.6. The van der Waals surface area contributed by atoms with E-state index in [1.165, 1.54) is 276 Å². The topological polar surface area (TPSA) is 175 Å². The van der Waals surface area contributed by atoms with Crippen molar-refractivity contribution in [1.82, 2.24) is 5.32 Å². The zero-order chi connectivity index (χ0) is 61.6. The summed E-state index contributed by atoms with van der Waals surface area (Å²) in [6, 6.07) is -0.807. The third-order valence-corrected chi connectivity index (χ3v) is 17.5. The van der Waals surface area contributed by atoms with Gasteiger partial charge in [0, 0.05) is 12.8 Å². The Morgan fingerprint density at radius 1 is 0.435 bits per heavy atom. The highest BCUT2D eigenvalue weighted by molar-refractivity contribution is 5.76. The number of hydrogen-bond acceptors (Lipinski definition) is 10. The summed E-state index contributed by atoms with van der Waals surface area (Å²) in [6.07, 6.45) is 71.6. The molecule has 1 aliphatic heterocycles. The molecule has 7 unspecified atom stereocenters. The lowest BCUT2D eigenvalue weighted by atomic mass is 9.99.